The van der Waals surface area contributed by atoms with E-state index in [1.165, 1.54) is 27.7 Å². The van der Waals surface area contributed by atoms with Crippen molar-refractivity contribution in [1.82, 2.24) is 10.2 Å². The zero-order valence-corrected chi connectivity index (χ0v) is 26.3. The number of hydrogen-bond acceptors (Lipinski definition) is 17. The fourth-order valence-corrected chi connectivity index (χ4v) is 4.98. The van der Waals surface area contributed by atoms with Crippen LogP contribution in [0.2, 0.25) is 0 Å². The summed E-state index contributed by atoms with van der Waals surface area (Å²) < 4.78 is 38.4. The van der Waals surface area contributed by atoms with E-state index in [0.29, 0.717) is 49.7 Å². The summed E-state index contributed by atoms with van der Waals surface area (Å²) in [4.78, 5) is 75.4. The molecule has 44 heavy (non-hydrogen) atoms. The number of nitrogens with zero attached hydrogens (tertiary/aromatic N) is 1. The summed E-state index contributed by atoms with van der Waals surface area (Å²) in [6, 6.07) is -1.28. The zero-order chi connectivity index (χ0) is 32.3. The van der Waals surface area contributed by atoms with Gasteiger partial charge in [0.15, 0.2) is 36.3 Å². The molecule has 1 atom stereocenters. The number of morpholine rings is 1. The van der Waals surface area contributed by atoms with Gasteiger partial charge in [0.05, 0.1) is 24.6 Å². The third-order valence-electron chi connectivity index (χ3n) is 6.12. The minimum Gasteiger partial charge on any atom is -0.464 e. The van der Waals surface area contributed by atoms with E-state index in [4.69, 9.17) is 36.6 Å². The Kier molecular flexibility index (Phi) is 13.2. The zero-order valence-electron chi connectivity index (χ0n) is 24.6. The van der Waals surface area contributed by atoms with Crippen molar-refractivity contribution >= 4 is 46.0 Å². The number of nitrogens with one attached hydrogen (secondary N) is 1. The van der Waals surface area contributed by atoms with Crippen LogP contribution in [0.4, 0.5) is 9.59 Å². The quantitative estimate of drug-likeness (QED) is 0.175. The molecule has 1 aliphatic rings. The number of esters is 1. The molecular weight excluding hydrogens is 628 g/mol. The summed E-state index contributed by atoms with van der Waals surface area (Å²) in [6.45, 7) is 8.62. The standard InChI is InChI=1S/C26H34N2O14S2/c1-15-18(41-22(31)39-15)12-37-24(33)43-14-17(20(29)36-9-5-6-28-7-10-35-11-8-28)27-21(30)26(3,4)44-25(34)38-13-19-16(2)40-23(32)42-19/h17H,5-14H2,1-4H3,(H,27,30)/t17-/m0/s1. The van der Waals surface area contributed by atoms with Gasteiger partial charge in [-0.1, -0.05) is 0 Å². The summed E-state index contributed by atoms with van der Waals surface area (Å²) in [5.41, 5.74) is 0. The lowest BCUT2D eigenvalue weighted by molar-refractivity contribution is -0.147. The number of amides is 1. The third-order valence-corrected chi connectivity index (χ3v) is 7.96. The second-order valence-electron chi connectivity index (χ2n) is 9.87. The monoisotopic (exact) mass is 662 g/mol. The maximum Gasteiger partial charge on any atom is 0.519 e. The molecule has 0 aliphatic carbocycles. The topological polar surface area (TPSA) is 207 Å². The molecule has 0 unspecified atom stereocenters. The molecule has 1 saturated heterocycles. The van der Waals surface area contributed by atoms with Crippen molar-refractivity contribution in [3.05, 3.63) is 44.3 Å². The van der Waals surface area contributed by atoms with Crippen molar-refractivity contribution in [2.45, 2.75) is 58.1 Å². The van der Waals surface area contributed by atoms with Crippen LogP contribution in [-0.4, -0.2) is 83.4 Å². The fourth-order valence-electron chi connectivity index (χ4n) is 3.63. The van der Waals surface area contributed by atoms with Gasteiger partial charge in [-0.2, -0.15) is 0 Å². The Labute approximate surface area is 259 Å². The second-order valence-corrected chi connectivity index (χ2v) is 12.4. The lowest BCUT2D eigenvalue weighted by Gasteiger charge is -2.27. The Morgan fingerprint density at radius 3 is 2.00 bits per heavy atom. The summed E-state index contributed by atoms with van der Waals surface area (Å²) in [6.07, 6.45) is 0.542. The van der Waals surface area contributed by atoms with Crippen LogP contribution < -0.4 is 17.0 Å². The Bertz CT molecular complexity index is 1400. The van der Waals surface area contributed by atoms with Crippen molar-refractivity contribution in [2.75, 3.05) is 45.2 Å². The highest BCUT2D eigenvalue weighted by Crippen LogP contribution is 2.28. The van der Waals surface area contributed by atoms with Gasteiger partial charge in [-0.15, -0.1) is 0 Å². The van der Waals surface area contributed by atoms with Crippen molar-refractivity contribution in [2.24, 2.45) is 0 Å². The largest absolute Gasteiger partial charge is 0.519 e. The molecule has 3 heterocycles. The SMILES string of the molecule is Cc1oc(=O)oc1COC(=O)SC[C@H](NC(=O)C(C)(C)SC(=O)OCc1oc(=O)oc1C)C(=O)OCCCN1CCOCC1. The Hall–Kier alpha value is -3.48. The minimum atomic E-state index is -1.43. The first-order valence-corrected chi connectivity index (χ1v) is 15.3. The van der Waals surface area contributed by atoms with E-state index < -0.39 is 44.9 Å². The minimum absolute atomic E-state index is 0.0246. The maximum absolute atomic E-state index is 13.2. The molecule has 2 aromatic rings. The molecule has 16 nitrogen and oxygen atoms in total. The molecule has 0 saturated carbocycles. The van der Waals surface area contributed by atoms with Crippen molar-refractivity contribution in [1.29, 1.82) is 0 Å². The van der Waals surface area contributed by atoms with Gasteiger partial charge in [0, 0.05) is 25.4 Å². The van der Waals surface area contributed by atoms with Crippen LogP contribution in [0.3, 0.4) is 0 Å². The molecule has 3 rings (SSSR count). The van der Waals surface area contributed by atoms with E-state index >= 15 is 0 Å². The van der Waals surface area contributed by atoms with Crippen LogP contribution >= 0.6 is 23.5 Å². The highest BCUT2D eigenvalue weighted by molar-refractivity contribution is 8.15. The first-order valence-electron chi connectivity index (χ1n) is 13.5. The number of hydrogen-bond donors (Lipinski definition) is 1. The predicted octanol–water partition coefficient (Wildman–Crippen LogP) is 2.36. The molecular formula is C26H34N2O14S2. The number of rotatable bonds is 14. The van der Waals surface area contributed by atoms with Crippen LogP contribution in [0.1, 0.15) is 43.3 Å². The third kappa shape index (κ3) is 11.2. The molecule has 2 aromatic heterocycles. The molecule has 1 fully saturated rings. The van der Waals surface area contributed by atoms with Gasteiger partial charge in [-0.3, -0.25) is 9.69 Å². The number of thioether (sulfide) groups is 2. The molecule has 1 aliphatic heterocycles. The number of carbonyl (C=O) groups excluding carboxylic acids is 4. The van der Waals surface area contributed by atoms with Gasteiger partial charge in [-0.25, -0.2) is 24.0 Å². The Morgan fingerprint density at radius 2 is 1.45 bits per heavy atom. The van der Waals surface area contributed by atoms with E-state index in [2.05, 4.69) is 10.2 Å². The van der Waals surface area contributed by atoms with Crippen molar-refractivity contribution in [3.63, 3.8) is 0 Å². The van der Waals surface area contributed by atoms with Gasteiger partial charge in [0.25, 0.3) is 0 Å². The van der Waals surface area contributed by atoms with Gasteiger partial charge >= 0.3 is 28.2 Å². The summed E-state index contributed by atoms with van der Waals surface area (Å²) in [7, 11) is 0. The fraction of sp³-hybridized carbons (Fsp3) is 0.615. The maximum atomic E-state index is 13.2. The first kappa shape index (κ1) is 35.0. The predicted molar refractivity (Wildman–Crippen MR) is 153 cm³/mol. The van der Waals surface area contributed by atoms with Crippen molar-refractivity contribution < 1.29 is 55.8 Å². The van der Waals surface area contributed by atoms with Gasteiger partial charge in [0.2, 0.25) is 5.91 Å². The highest BCUT2D eigenvalue weighted by atomic mass is 32.2. The van der Waals surface area contributed by atoms with Crippen molar-refractivity contribution in [3.8, 4) is 0 Å². The second kappa shape index (κ2) is 16.6. The normalized spacial score (nSPS) is 14.5. The lowest BCUT2D eigenvalue weighted by atomic mass is 10.2. The molecule has 18 heteroatoms. The Balaban J connectivity index is 1.55. The molecule has 1 amide bonds. The molecule has 0 radical (unpaired) electrons. The number of carbonyl (C=O) groups is 4. The molecule has 0 spiro atoms. The highest BCUT2D eigenvalue weighted by Gasteiger charge is 2.36. The summed E-state index contributed by atoms with van der Waals surface area (Å²) in [5, 5.41) is 0.867. The number of aryl methyl sites for hydroxylation is 2. The molecule has 1 N–H and O–H groups in total. The average Bonchev–Trinajstić information content (AvgIpc) is 3.48. The van der Waals surface area contributed by atoms with E-state index in [1.54, 1.807) is 0 Å². The van der Waals surface area contributed by atoms with Crippen LogP contribution in [-0.2, 0) is 41.8 Å². The van der Waals surface area contributed by atoms with Crippen LogP contribution in [0, 0.1) is 13.8 Å². The Morgan fingerprint density at radius 1 is 0.886 bits per heavy atom. The van der Waals surface area contributed by atoms with E-state index in [-0.39, 0.29) is 48.6 Å². The van der Waals surface area contributed by atoms with Gasteiger partial charge < -0.3 is 41.9 Å². The molecule has 0 bridgehead atoms. The van der Waals surface area contributed by atoms with E-state index in [1.807, 2.05) is 0 Å². The first-order chi connectivity index (χ1) is 20.8. The lowest BCUT2D eigenvalue weighted by Crippen LogP contribution is -2.50. The molecule has 0 aromatic carbocycles. The summed E-state index contributed by atoms with van der Waals surface area (Å²) >= 11 is 1.12. The van der Waals surface area contributed by atoms with Crippen LogP contribution in [0.5, 0.6) is 0 Å². The molecule has 244 valence electrons. The van der Waals surface area contributed by atoms with E-state index in [0.717, 1.165) is 13.1 Å². The van der Waals surface area contributed by atoms with Gasteiger partial charge in [-0.05, 0) is 57.6 Å². The van der Waals surface area contributed by atoms with Gasteiger partial charge in [0.1, 0.15) is 6.04 Å². The number of ether oxygens (including phenoxy) is 4. The van der Waals surface area contributed by atoms with Crippen LogP contribution in [0.15, 0.2) is 27.3 Å². The van der Waals surface area contributed by atoms with Crippen LogP contribution in [0.25, 0.3) is 0 Å². The smallest absolute Gasteiger partial charge is 0.464 e. The van der Waals surface area contributed by atoms with E-state index in [9.17, 15) is 28.8 Å². The summed E-state index contributed by atoms with van der Waals surface area (Å²) in [5.74, 6) is -3.28. The average molecular weight is 663 g/mol.